The summed E-state index contributed by atoms with van der Waals surface area (Å²) in [6.07, 6.45) is 3.12. The molecule has 2 aromatic carbocycles. The fourth-order valence-corrected chi connectivity index (χ4v) is 4.76. The van der Waals surface area contributed by atoms with Crippen LogP contribution in [0.5, 0.6) is 11.5 Å². The van der Waals surface area contributed by atoms with Crippen molar-refractivity contribution < 1.29 is 28.5 Å². The van der Waals surface area contributed by atoms with Crippen LogP contribution in [-0.4, -0.2) is 61.9 Å². The number of morpholine rings is 1. The number of carbonyl (C=O) groups excluding carboxylic acids is 2. The first-order valence-corrected chi connectivity index (χ1v) is 13.3. The summed E-state index contributed by atoms with van der Waals surface area (Å²) in [6.45, 7) is 18.7. The molecule has 1 aliphatic heterocycles. The molecule has 0 radical (unpaired) electrons. The number of hydrogen-bond acceptors (Lipinski definition) is 7. The van der Waals surface area contributed by atoms with Gasteiger partial charge in [-0.3, -0.25) is 9.69 Å². The molecule has 7 heteroatoms. The molecular weight excluding hydrogens is 482 g/mol. The molecule has 1 unspecified atom stereocenters. The lowest BCUT2D eigenvalue weighted by atomic mass is 9.96. The molecule has 1 atom stereocenters. The van der Waals surface area contributed by atoms with Gasteiger partial charge in [0.25, 0.3) is 0 Å². The lowest BCUT2D eigenvalue weighted by molar-refractivity contribution is -0.0377. The lowest BCUT2D eigenvalue weighted by Crippen LogP contribution is -2.44. The molecule has 0 N–H and O–H groups in total. The van der Waals surface area contributed by atoms with Crippen molar-refractivity contribution in [2.75, 3.05) is 32.9 Å². The fourth-order valence-electron chi connectivity index (χ4n) is 4.76. The number of carbonyl (C=O) groups is 2. The molecular formula is C31H41NO6. The summed E-state index contributed by atoms with van der Waals surface area (Å²) in [6, 6.07) is 5.60. The van der Waals surface area contributed by atoms with Crippen molar-refractivity contribution in [2.24, 2.45) is 0 Å². The maximum atomic E-state index is 13.2. The standard InChI is InChI=1S/C31H41NO6/c1-9-36-31(34)28-20(4)16-25(30(23(28)7)37-19(2)3)10-11-27(33)26-17-21(5)29(22(6)18-26)38-24(8)32-12-14-35-15-13-32/h10-11,16-19,24H,9,12-15H2,1-8H3. The second kappa shape index (κ2) is 13.1. The smallest absolute Gasteiger partial charge is 0.338 e. The number of ketones is 1. The van der Waals surface area contributed by atoms with E-state index in [9.17, 15) is 9.59 Å². The zero-order chi connectivity index (χ0) is 28.0. The fraction of sp³-hybridized carbons (Fsp3) is 0.484. The van der Waals surface area contributed by atoms with E-state index in [4.69, 9.17) is 18.9 Å². The lowest BCUT2D eigenvalue weighted by Gasteiger charge is -2.33. The van der Waals surface area contributed by atoms with E-state index < -0.39 is 0 Å². The number of aryl methyl sites for hydroxylation is 3. The minimum Gasteiger partial charge on any atom is -0.490 e. The Balaban J connectivity index is 1.86. The van der Waals surface area contributed by atoms with Gasteiger partial charge in [-0.05, 0) is 102 Å². The van der Waals surface area contributed by atoms with Crippen molar-refractivity contribution in [1.29, 1.82) is 0 Å². The first kappa shape index (κ1) is 29.4. The topological polar surface area (TPSA) is 74.3 Å². The Morgan fingerprint density at radius 1 is 0.947 bits per heavy atom. The first-order chi connectivity index (χ1) is 18.0. The Labute approximate surface area is 226 Å². The third-order valence-electron chi connectivity index (χ3n) is 6.58. The Morgan fingerprint density at radius 3 is 2.16 bits per heavy atom. The van der Waals surface area contributed by atoms with E-state index in [2.05, 4.69) is 4.90 Å². The minimum absolute atomic E-state index is 0.0822. The second-order valence-corrected chi connectivity index (χ2v) is 10.0. The van der Waals surface area contributed by atoms with Crippen LogP contribution in [0.2, 0.25) is 0 Å². The van der Waals surface area contributed by atoms with Crippen LogP contribution in [-0.2, 0) is 9.47 Å². The number of ether oxygens (including phenoxy) is 4. The van der Waals surface area contributed by atoms with Crippen LogP contribution in [0.3, 0.4) is 0 Å². The van der Waals surface area contributed by atoms with Crippen LogP contribution < -0.4 is 9.47 Å². The highest BCUT2D eigenvalue weighted by molar-refractivity contribution is 6.07. The van der Waals surface area contributed by atoms with E-state index in [1.807, 2.05) is 66.7 Å². The molecule has 0 aliphatic carbocycles. The molecule has 0 aromatic heterocycles. The van der Waals surface area contributed by atoms with Gasteiger partial charge in [-0.1, -0.05) is 0 Å². The summed E-state index contributed by atoms with van der Waals surface area (Å²) in [4.78, 5) is 28.0. The van der Waals surface area contributed by atoms with Gasteiger partial charge in [-0.15, -0.1) is 0 Å². The molecule has 1 saturated heterocycles. The maximum Gasteiger partial charge on any atom is 0.338 e. The second-order valence-electron chi connectivity index (χ2n) is 10.0. The third-order valence-corrected chi connectivity index (χ3v) is 6.58. The van der Waals surface area contributed by atoms with E-state index in [1.54, 1.807) is 19.1 Å². The Hall–Kier alpha value is -3.16. The van der Waals surface area contributed by atoms with Gasteiger partial charge in [0.1, 0.15) is 17.7 Å². The first-order valence-electron chi connectivity index (χ1n) is 13.3. The van der Waals surface area contributed by atoms with E-state index in [0.717, 1.165) is 41.1 Å². The van der Waals surface area contributed by atoms with Crippen LogP contribution >= 0.6 is 0 Å². The van der Waals surface area contributed by atoms with Crippen LogP contribution in [0, 0.1) is 27.7 Å². The van der Waals surface area contributed by atoms with Crippen LogP contribution in [0.25, 0.3) is 6.08 Å². The van der Waals surface area contributed by atoms with E-state index in [1.165, 1.54) is 0 Å². The normalized spacial score (nSPS) is 15.1. The number of hydrogen-bond donors (Lipinski definition) is 0. The van der Waals surface area contributed by atoms with Gasteiger partial charge in [0.2, 0.25) is 0 Å². The number of rotatable bonds is 10. The van der Waals surface area contributed by atoms with E-state index >= 15 is 0 Å². The molecule has 206 valence electrons. The van der Waals surface area contributed by atoms with E-state index in [-0.39, 0.29) is 24.1 Å². The van der Waals surface area contributed by atoms with Gasteiger partial charge >= 0.3 is 5.97 Å². The van der Waals surface area contributed by atoms with Crippen molar-refractivity contribution in [3.05, 3.63) is 63.2 Å². The van der Waals surface area contributed by atoms with Crippen molar-refractivity contribution in [3.8, 4) is 11.5 Å². The van der Waals surface area contributed by atoms with Gasteiger partial charge in [0.15, 0.2) is 5.78 Å². The quantitative estimate of drug-likeness (QED) is 0.220. The number of nitrogens with zero attached hydrogens (tertiary/aromatic N) is 1. The molecule has 2 aromatic rings. The van der Waals surface area contributed by atoms with Gasteiger partial charge in [0.05, 0.1) is 31.5 Å². The Kier molecular flexibility index (Phi) is 10.1. The highest BCUT2D eigenvalue weighted by Crippen LogP contribution is 2.33. The molecule has 7 nitrogen and oxygen atoms in total. The molecule has 1 aliphatic rings. The highest BCUT2D eigenvalue weighted by Gasteiger charge is 2.22. The average Bonchev–Trinajstić information content (AvgIpc) is 2.86. The summed E-state index contributed by atoms with van der Waals surface area (Å²) >= 11 is 0. The Bertz CT molecular complexity index is 1170. The van der Waals surface area contributed by atoms with Crippen molar-refractivity contribution in [3.63, 3.8) is 0 Å². The number of esters is 1. The highest BCUT2D eigenvalue weighted by atomic mass is 16.5. The minimum atomic E-state index is -0.376. The van der Waals surface area contributed by atoms with Gasteiger partial charge < -0.3 is 18.9 Å². The Morgan fingerprint density at radius 2 is 1.58 bits per heavy atom. The van der Waals surface area contributed by atoms with E-state index in [0.29, 0.717) is 42.3 Å². The zero-order valence-electron chi connectivity index (χ0n) is 24.0. The third kappa shape index (κ3) is 7.03. The molecule has 0 amide bonds. The predicted molar refractivity (Wildman–Crippen MR) is 149 cm³/mol. The molecule has 0 spiro atoms. The summed E-state index contributed by atoms with van der Waals surface area (Å²) in [5.74, 6) is 0.881. The van der Waals surface area contributed by atoms with Crippen LogP contribution in [0.1, 0.15) is 76.2 Å². The molecule has 1 heterocycles. The van der Waals surface area contributed by atoms with Crippen molar-refractivity contribution in [1.82, 2.24) is 4.90 Å². The SMILES string of the molecule is CCOC(=O)c1c(C)cc(C=CC(=O)c2cc(C)c(OC(C)N3CCOCC3)c(C)c2)c(OC(C)C)c1C. The van der Waals surface area contributed by atoms with Crippen LogP contribution in [0.4, 0.5) is 0 Å². The summed E-state index contributed by atoms with van der Waals surface area (Å²) < 4.78 is 23.1. The zero-order valence-corrected chi connectivity index (χ0v) is 24.0. The molecule has 0 bridgehead atoms. The van der Waals surface area contributed by atoms with Crippen molar-refractivity contribution >= 4 is 17.8 Å². The van der Waals surface area contributed by atoms with Crippen molar-refractivity contribution in [2.45, 2.75) is 67.7 Å². The summed E-state index contributed by atoms with van der Waals surface area (Å²) in [7, 11) is 0. The number of benzene rings is 2. The van der Waals surface area contributed by atoms with Gasteiger partial charge in [-0.25, -0.2) is 4.79 Å². The molecule has 3 rings (SSSR count). The summed E-state index contributed by atoms with van der Waals surface area (Å²) in [5.41, 5.74) is 5.12. The monoisotopic (exact) mass is 523 g/mol. The van der Waals surface area contributed by atoms with Gasteiger partial charge in [-0.2, -0.15) is 0 Å². The summed E-state index contributed by atoms with van der Waals surface area (Å²) in [5, 5.41) is 0. The predicted octanol–water partition coefficient (Wildman–Crippen LogP) is 5.84. The molecule has 1 fully saturated rings. The molecule has 0 saturated carbocycles. The van der Waals surface area contributed by atoms with Crippen LogP contribution in [0.15, 0.2) is 24.3 Å². The largest absolute Gasteiger partial charge is 0.490 e. The average molecular weight is 524 g/mol. The molecule has 38 heavy (non-hydrogen) atoms. The van der Waals surface area contributed by atoms with Gasteiger partial charge in [0, 0.05) is 29.8 Å². The number of allylic oxidation sites excluding steroid dienone is 1. The maximum absolute atomic E-state index is 13.2.